The van der Waals surface area contributed by atoms with Crippen molar-refractivity contribution in [1.29, 1.82) is 0 Å². The lowest BCUT2D eigenvalue weighted by Crippen LogP contribution is -2.28. The molecular weight excluding hydrogens is 424 g/mol. The maximum absolute atomic E-state index is 13.1. The molecule has 2 aromatic heterocycles. The lowest BCUT2D eigenvalue weighted by molar-refractivity contribution is -0.143. The monoisotopic (exact) mass is 439 g/mol. The first-order chi connectivity index (χ1) is 14.4. The first kappa shape index (κ1) is 22.3. The highest BCUT2D eigenvalue weighted by molar-refractivity contribution is 6.07. The predicted molar refractivity (Wildman–Crippen MR) is 101 cm³/mol. The fraction of sp³-hybridized carbons (Fsp3) is 0.190. The second-order valence-electron chi connectivity index (χ2n) is 6.72. The van der Waals surface area contributed by atoms with Gasteiger partial charge in [0, 0.05) is 30.6 Å². The molecule has 0 radical (unpaired) electrons. The fourth-order valence-electron chi connectivity index (χ4n) is 3.00. The molecule has 0 aliphatic carbocycles. The largest absolute Gasteiger partial charge is 0.416 e. The molecule has 0 unspecified atom stereocenters. The molecule has 0 atom stereocenters. The quantitative estimate of drug-likeness (QED) is 0.487. The minimum Gasteiger partial charge on any atom is -0.309 e. The van der Waals surface area contributed by atoms with Crippen LogP contribution in [0.1, 0.15) is 27.0 Å². The Balaban J connectivity index is 2.10. The van der Waals surface area contributed by atoms with Gasteiger partial charge in [-0.1, -0.05) is 6.07 Å². The summed E-state index contributed by atoms with van der Waals surface area (Å²) in [5.74, 6) is -1.06. The topological polar surface area (TPSA) is 46.1 Å². The molecule has 0 aliphatic heterocycles. The van der Waals surface area contributed by atoms with Crippen LogP contribution in [-0.4, -0.2) is 22.9 Å². The Bertz CT molecular complexity index is 1090. The van der Waals surface area contributed by atoms with Crippen LogP contribution in [0.5, 0.6) is 0 Å². The number of carbonyl (C=O) groups is 1. The summed E-state index contributed by atoms with van der Waals surface area (Å²) < 4.78 is 78.9. The number of nitrogens with zero attached hydrogens (tertiary/aromatic N) is 3. The number of anilines is 1. The van der Waals surface area contributed by atoms with Crippen LogP contribution in [0.25, 0.3) is 11.3 Å². The Morgan fingerprint density at radius 1 is 0.935 bits per heavy atom. The van der Waals surface area contributed by atoms with Crippen molar-refractivity contribution in [2.75, 3.05) is 11.9 Å². The Labute approximate surface area is 173 Å². The standard InChI is InChI=1S/C21H15F6N3O/c1-12-4-3-6-29-18(12)16-5-7-28-11-17(16)30(2)19(31)13-8-14(20(22,23)24)10-15(9-13)21(25,26)27/h3-11H,1-2H3. The first-order valence-corrected chi connectivity index (χ1v) is 8.83. The zero-order chi connectivity index (χ0) is 23.0. The maximum atomic E-state index is 13.1. The van der Waals surface area contributed by atoms with E-state index in [0.717, 1.165) is 10.5 Å². The summed E-state index contributed by atoms with van der Waals surface area (Å²) in [6.45, 7) is 1.77. The van der Waals surface area contributed by atoms with Gasteiger partial charge in [0.15, 0.2) is 0 Å². The van der Waals surface area contributed by atoms with Crippen molar-refractivity contribution in [2.24, 2.45) is 0 Å². The molecule has 10 heteroatoms. The van der Waals surface area contributed by atoms with Crippen molar-refractivity contribution in [2.45, 2.75) is 19.3 Å². The summed E-state index contributed by atoms with van der Waals surface area (Å²) >= 11 is 0. The average molecular weight is 439 g/mol. The van der Waals surface area contributed by atoms with Crippen LogP contribution in [0.15, 0.2) is 55.0 Å². The van der Waals surface area contributed by atoms with E-state index in [1.54, 1.807) is 25.1 Å². The van der Waals surface area contributed by atoms with Gasteiger partial charge in [0.1, 0.15) is 0 Å². The van der Waals surface area contributed by atoms with Crippen LogP contribution in [0.3, 0.4) is 0 Å². The third-order valence-corrected chi connectivity index (χ3v) is 4.57. The second-order valence-corrected chi connectivity index (χ2v) is 6.72. The lowest BCUT2D eigenvalue weighted by atomic mass is 10.0. The molecule has 0 fully saturated rings. The van der Waals surface area contributed by atoms with Gasteiger partial charge in [-0.3, -0.25) is 14.8 Å². The number of hydrogen-bond acceptors (Lipinski definition) is 3. The van der Waals surface area contributed by atoms with Gasteiger partial charge in [0.05, 0.1) is 28.7 Å². The number of amides is 1. The van der Waals surface area contributed by atoms with Crippen molar-refractivity contribution < 1.29 is 31.1 Å². The van der Waals surface area contributed by atoms with Crippen molar-refractivity contribution in [3.8, 4) is 11.3 Å². The molecule has 3 aromatic rings. The minimum atomic E-state index is -5.06. The van der Waals surface area contributed by atoms with Crippen molar-refractivity contribution in [3.63, 3.8) is 0 Å². The van der Waals surface area contributed by atoms with Crippen LogP contribution in [0.2, 0.25) is 0 Å². The fourth-order valence-corrected chi connectivity index (χ4v) is 3.00. The van der Waals surface area contributed by atoms with E-state index in [2.05, 4.69) is 9.97 Å². The van der Waals surface area contributed by atoms with Gasteiger partial charge in [-0.2, -0.15) is 26.3 Å². The van der Waals surface area contributed by atoms with Crippen LogP contribution in [0, 0.1) is 6.92 Å². The molecule has 4 nitrogen and oxygen atoms in total. The van der Waals surface area contributed by atoms with E-state index < -0.39 is 35.0 Å². The predicted octanol–water partition coefficient (Wildman–Crippen LogP) is 5.77. The van der Waals surface area contributed by atoms with E-state index in [-0.39, 0.29) is 11.8 Å². The Morgan fingerprint density at radius 3 is 2.10 bits per heavy atom. The molecule has 162 valence electrons. The summed E-state index contributed by atoms with van der Waals surface area (Å²) in [4.78, 5) is 22.0. The molecule has 0 saturated carbocycles. The maximum Gasteiger partial charge on any atom is 0.416 e. The van der Waals surface area contributed by atoms with Crippen molar-refractivity contribution >= 4 is 11.6 Å². The number of alkyl halides is 6. The molecular formula is C21H15F6N3O. The number of halogens is 6. The molecule has 0 saturated heterocycles. The van der Waals surface area contributed by atoms with E-state index in [4.69, 9.17) is 0 Å². The van der Waals surface area contributed by atoms with Crippen LogP contribution >= 0.6 is 0 Å². The summed E-state index contributed by atoms with van der Waals surface area (Å²) in [6, 6.07) is 5.81. The highest BCUT2D eigenvalue weighted by Crippen LogP contribution is 2.37. The summed E-state index contributed by atoms with van der Waals surface area (Å²) in [7, 11) is 1.24. The van der Waals surface area contributed by atoms with Gasteiger partial charge in [0.2, 0.25) is 0 Å². The molecule has 0 spiro atoms. The molecule has 1 amide bonds. The SMILES string of the molecule is Cc1cccnc1-c1ccncc1N(C)C(=O)c1cc(C(F)(F)F)cc(C(F)(F)F)c1. The number of hydrogen-bond donors (Lipinski definition) is 0. The van der Waals surface area contributed by atoms with E-state index >= 15 is 0 Å². The molecule has 2 heterocycles. The molecule has 0 bridgehead atoms. The number of aromatic nitrogens is 2. The third kappa shape index (κ3) is 4.68. The zero-order valence-corrected chi connectivity index (χ0v) is 16.2. The number of carbonyl (C=O) groups excluding carboxylic acids is 1. The lowest BCUT2D eigenvalue weighted by Gasteiger charge is -2.22. The van der Waals surface area contributed by atoms with E-state index in [0.29, 0.717) is 23.4 Å². The number of rotatable bonds is 3. The molecule has 0 N–H and O–H groups in total. The molecule has 0 aliphatic rings. The Kier molecular flexibility index (Phi) is 5.75. The van der Waals surface area contributed by atoms with Crippen molar-refractivity contribution in [1.82, 2.24) is 9.97 Å². The van der Waals surface area contributed by atoms with Crippen LogP contribution in [0.4, 0.5) is 32.0 Å². The Morgan fingerprint density at radius 2 is 1.55 bits per heavy atom. The number of aryl methyl sites for hydroxylation is 1. The van der Waals surface area contributed by atoms with E-state index in [9.17, 15) is 31.1 Å². The zero-order valence-electron chi connectivity index (χ0n) is 16.2. The number of benzene rings is 1. The van der Waals surface area contributed by atoms with E-state index in [1.807, 2.05) is 0 Å². The van der Waals surface area contributed by atoms with Gasteiger partial charge in [-0.05, 0) is 42.8 Å². The van der Waals surface area contributed by atoms with Gasteiger partial charge in [-0.25, -0.2) is 0 Å². The molecule has 1 aromatic carbocycles. The number of pyridine rings is 2. The summed E-state index contributed by atoms with van der Waals surface area (Å²) in [5, 5.41) is 0. The first-order valence-electron chi connectivity index (χ1n) is 8.83. The average Bonchev–Trinajstić information content (AvgIpc) is 2.71. The summed E-state index contributed by atoms with van der Waals surface area (Å²) in [5.41, 5.74) is -1.99. The van der Waals surface area contributed by atoms with Gasteiger partial charge >= 0.3 is 12.4 Å². The second kappa shape index (κ2) is 8.01. The van der Waals surface area contributed by atoms with Crippen LogP contribution < -0.4 is 4.90 Å². The smallest absolute Gasteiger partial charge is 0.309 e. The molecule has 3 rings (SSSR count). The van der Waals surface area contributed by atoms with Crippen molar-refractivity contribution in [3.05, 3.63) is 77.2 Å². The van der Waals surface area contributed by atoms with Crippen LogP contribution in [-0.2, 0) is 12.4 Å². The summed E-state index contributed by atoms with van der Waals surface area (Å²) in [6.07, 6.45) is -5.85. The highest BCUT2D eigenvalue weighted by Gasteiger charge is 2.38. The van der Waals surface area contributed by atoms with E-state index in [1.165, 1.54) is 25.6 Å². The normalized spacial score (nSPS) is 12.0. The van der Waals surface area contributed by atoms with Gasteiger partial charge in [-0.15, -0.1) is 0 Å². The third-order valence-electron chi connectivity index (χ3n) is 4.57. The molecule has 31 heavy (non-hydrogen) atoms. The van der Waals surface area contributed by atoms with Gasteiger partial charge in [0.25, 0.3) is 5.91 Å². The minimum absolute atomic E-state index is 0.0243. The highest BCUT2D eigenvalue weighted by atomic mass is 19.4. The van der Waals surface area contributed by atoms with Gasteiger partial charge < -0.3 is 4.90 Å². The Hall–Kier alpha value is -3.43.